The fourth-order valence-corrected chi connectivity index (χ4v) is 4.45. The predicted molar refractivity (Wildman–Crippen MR) is 109 cm³/mol. The Morgan fingerprint density at radius 1 is 1.07 bits per heavy atom. The van der Waals surface area contributed by atoms with Gasteiger partial charge >= 0.3 is 0 Å². The van der Waals surface area contributed by atoms with Crippen molar-refractivity contribution in [2.75, 3.05) is 45.9 Å². The molecule has 0 radical (unpaired) electrons. The second-order valence-corrected chi connectivity index (χ2v) is 8.89. The van der Waals surface area contributed by atoms with Gasteiger partial charge in [0, 0.05) is 56.4 Å². The normalized spacial score (nSPS) is 26.4. The molecule has 0 unspecified atom stereocenters. The number of aromatic nitrogens is 2. The van der Waals surface area contributed by atoms with Gasteiger partial charge in [-0.3, -0.25) is 9.80 Å². The smallest absolute Gasteiger partial charge is 0.0849 e. The number of rotatable bonds is 5. The van der Waals surface area contributed by atoms with Gasteiger partial charge in [0.05, 0.1) is 30.7 Å². The number of hydrogen-bond donors (Lipinski definition) is 1. The van der Waals surface area contributed by atoms with Gasteiger partial charge < -0.3 is 9.84 Å². The van der Waals surface area contributed by atoms with Crippen LogP contribution in [0.4, 0.5) is 0 Å². The number of para-hydroxylation sites is 1. The molecule has 1 aromatic heterocycles. The van der Waals surface area contributed by atoms with Gasteiger partial charge in [0.15, 0.2) is 0 Å². The average molecular weight is 385 g/mol. The van der Waals surface area contributed by atoms with E-state index in [0.717, 1.165) is 64.6 Å². The van der Waals surface area contributed by atoms with Crippen LogP contribution in [0.1, 0.15) is 25.8 Å². The van der Waals surface area contributed by atoms with Gasteiger partial charge in [-0.2, -0.15) is 5.10 Å². The first-order valence-corrected chi connectivity index (χ1v) is 10.3. The van der Waals surface area contributed by atoms with Crippen LogP contribution in [0, 0.1) is 5.41 Å². The third-order valence-electron chi connectivity index (χ3n) is 6.37. The summed E-state index contributed by atoms with van der Waals surface area (Å²) in [6, 6.07) is 10.2. The maximum absolute atomic E-state index is 11.5. The first kappa shape index (κ1) is 19.6. The van der Waals surface area contributed by atoms with Crippen molar-refractivity contribution in [3.8, 4) is 5.69 Å². The van der Waals surface area contributed by atoms with E-state index in [2.05, 4.69) is 47.1 Å². The van der Waals surface area contributed by atoms with Gasteiger partial charge in [-0.25, -0.2) is 4.68 Å². The van der Waals surface area contributed by atoms with Crippen molar-refractivity contribution in [1.82, 2.24) is 19.6 Å². The Morgan fingerprint density at radius 2 is 1.82 bits per heavy atom. The Bertz CT molecular complexity index is 770. The lowest BCUT2D eigenvalue weighted by Gasteiger charge is -2.52. The molecule has 6 heteroatoms. The van der Waals surface area contributed by atoms with E-state index in [1.54, 1.807) is 0 Å². The second-order valence-electron chi connectivity index (χ2n) is 8.89. The highest BCUT2D eigenvalue weighted by Crippen LogP contribution is 2.39. The molecule has 2 aliphatic rings. The second kappa shape index (κ2) is 7.95. The summed E-state index contributed by atoms with van der Waals surface area (Å²) in [5, 5.41) is 16.0. The maximum atomic E-state index is 11.5. The predicted octanol–water partition coefficient (Wildman–Crippen LogP) is 2.17. The van der Waals surface area contributed by atoms with Crippen molar-refractivity contribution >= 4 is 0 Å². The van der Waals surface area contributed by atoms with E-state index in [1.165, 1.54) is 5.56 Å². The van der Waals surface area contributed by atoms with E-state index in [4.69, 9.17) is 4.74 Å². The fourth-order valence-electron chi connectivity index (χ4n) is 4.45. The van der Waals surface area contributed by atoms with Crippen LogP contribution in [0.25, 0.3) is 5.69 Å². The van der Waals surface area contributed by atoms with Crippen molar-refractivity contribution in [2.24, 2.45) is 5.41 Å². The summed E-state index contributed by atoms with van der Waals surface area (Å²) in [4.78, 5) is 4.80. The molecule has 1 N–H and O–H groups in total. The van der Waals surface area contributed by atoms with Gasteiger partial charge in [0.1, 0.15) is 0 Å². The molecule has 2 fully saturated rings. The molecule has 28 heavy (non-hydrogen) atoms. The minimum atomic E-state index is -0.658. The van der Waals surface area contributed by atoms with Crippen LogP contribution < -0.4 is 0 Å². The zero-order chi connectivity index (χ0) is 19.6. The number of aliphatic hydroxyl groups is 1. The maximum Gasteiger partial charge on any atom is 0.0849 e. The molecule has 6 nitrogen and oxygen atoms in total. The number of β-amino-alcohol motifs (C(OH)–C–C–N with tert-alkyl or cyclic N) is 1. The molecule has 1 aromatic carbocycles. The highest BCUT2D eigenvalue weighted by atomic mass is 16.5. The van der Waals surface area contributed by atoms with Crippen molar-refractivity contribution < 1.29 is 9.84 Å². The lowest BCUT2D eigenvalue weighted by atomic mass is 9.69. The number of ether oxygens (including phenoxy) is 1. The fraction of sp³-hybridized carbons (Fsp3) is 0.591. The molecular formula is C22H32N4O2. The van der Waals surface area contributed by atoms with Gasteiger partial charge in [-0.05, 0) is 18.6 Å². The van der Waals surface area contributed by atoms with Gasteiger partial charge in [0.25, 0.3) is 0 Å². The lowest BCUT2D eigenvalue weighted by molar-refractivity contribution is -0.140. The summed E-state index contributed by atoms with van der Waals surface area (Å²) in [7, 11) is 0. The number of nitrogens with zero attached hydrogens (tertiary/aromatic N) is 4. The Labute approximate surface area is 167 Å². The highest BCUT2D eigenvalue weighted by molar-refractivity contribution is 5.30. The third-order valence-corrected chi connectivity index (χ3v) is 6.37. The summed E-state index contributed by atoms with van der Waals surface area (Å²) in [6.45, 7) is 11.2. The first-order chi connectivity index (χ1) is 13.5. The number of morpholine rings is 1. The number of likely N-dealkylation sites (tertiary alicyclic amines) is 1. The van der Waals surface area contributed by atoms with Gasteiger partial charge in [0.2, 0.25) is 0 Å². The van der Waals surface area contributed by atoms with E-state index in [1.807, 2.05) is 29.1 Å². The van der Waals surface area contributed by atoms with Crippen LogP contribution in [0.3, 0.4) is 0 Å². The van der Waals surface area contributed by atoms with Crippen LogP contribution >= 0.6 is 0 Å². The van der Waals surface area contributed by atoms with Crippen LogP contribution in [0.5, 0.6) is 0 Å². The standard InChI is InChI=1S/C22H32N4O2/c1-21(2)17-25(9-8-22(21,27)18-24-10-12-28-13-11-24)15-19-14-23-26(16-19)20-6-4-3-5-7-20/h3-7,14,16,27H,8-13,15,17-18H2,1-2H3/t22-/m1/s1. The number of piperidine rings is 1. The SMILES string of the molecule is CC1(C)CN(Cc2cnn(-c3ccccc3)c2)CC[C@@]1(O)CN1CCOCC1. The quantitative estimate of drug-likeness (QED) is 0.856. The minimum absolute atomic E-state index is 0.168. The zero-order valence-electron chi connectivity index (χ0n) is 17.0. The van der Waals surface area contributed by atoms with Crippen molar-refractivity contribution in [3.05, 3.63) is 48.3 Å². The minimum Gasteiger partial charge on any atom is -0.388 e. The van der Waals surface area contributed by atoms with E-state index in [0.29, 0.717) is 0 Å². The van der Waals surface area contributed by atoms with Crippen molar-refractivity contribution in [1.29, 1.82) is 0 Å². The molecule has 0 spiro atoms. The first-order valence-electron chi connectivity index (χ1n) is 10.3. The van der Waals surface area contributed by atoms with E-state index in [9.17, 15) is 5.11 Å². The summed E-state index contributed by atoms with van der Waals surface area (Å²) >= 11 is 0. The summed E-state index contributed by atoms with van der Waals surface area (Å²) in [5.74, 6) is 0. The largest absolute Gasteiger partial charge is 0.388 e. The summed E-state index contributed by atoms with van der Waals surface area (Å²) < 4.78 is 7.38. The third kappa shape index (κ3) is 4.15. The molecule has 2 aliphatic heterocycles. The van der Waals surface area contributed by atoms with E-state index in [-0.39, 0.29) is 5.41 Å². The van der Waals surface area contributed by atoms with Crippen LogP contribution in [0.2, 0.25) is 0 Å². The Balaban J connectivity index is 1.38. The Hall–Kier alpha value is -1.73. The molecule has 0 amide bonds. The number of benzene rings is 1. The van der Waals surface area contributed by atoms with E-state index < -0.39 is 5.60 Å². The average Bonchev–Trinajstić information content (AvgIpc) is 3.15. The monoisotopic (exact) mass is 384 g/mol. The van der Waals surface area contributed by atoms with Crippen LogP contribution in [-0.4, -0.2) is 76.2 Å². The molecule has 152 valence electrons. The van der Waals surface area contributed by atoms with Crippen LogP contribution in [0.15, 0.2) is 42.7 Å². The molecule has 2 aromatic rings. The highest BCUT2D eigenvalue weighted by Gasteiger charge is 2.48. The zero-order valence-corrected chi connectivity index (χ0v) is 17.0. The molecule has 2 saturated heterocycles. The summed E-state index contributed by atoms with van der Waals surface area (Å²) in [5.41, 5.74) is 1.46. The van der Waals surface area contributed by atoms with Crippen molar-refractivity contribution in [2.45, 2.75) is 32.4 Å². The van der Waals surface area contributed by atoms with Gasteiger partial charge in [-0.1, -0.05) is 32.0 Å². The van der Waals surface area contributed by atoms with E-state index >= 15 is 0 Å². The van der Waals surface area contributed by atoms with Crippen LogP contribution in [-0.2, 0) is 11.3 Å². The number of hydrogen-bond acceptors (Lipinski definition) is 5. The summed E-state index contributed by atoms with van der Waals surface area (Å²) in [6.07, 6.45) is 4.86. The molecule has 1 atom stereocenters. The molecule has 0 bridgehead atoms. The molecule has 0 saturated carbocycles. The molecule has 3 heterocycles. The molecular weight excluding hydrogens is 352 g/mol. The topological polar surface area (TPSA) is 53.8 Å². The Morgan fingerprint density at radius 3 is 2.54 bits per heavy atom. The molecule has 0 aliphatic carbocycles. The molecule has 4 rings (SSSR count). The Kier molecular flexibility index (Phi) is 5.56. The lowest BCUT2D eigenvalue weighted by Crippen LogP contribution is -2.62. The van der Waals surface area contributed by atoms with Crippen molar-refractivity contribution in [3.63, 3.8) is 0 Å². The van der Waals surface area contributed by atoms with Gasteiger partial charge in [-0.15, -0.1) is 0 Å².